The number of amides is 1. The Morgan fingerprint density at radius 2 is 1.96 bits per heavy atom. The molecule has 1 aliphatic rings. The van der Waals surface area contributed by atoms with Crippen LogP contribution in [-0.2, 0) is 0 Å². The van der Waals surface area contributed by atoms with Crippen LogP contribution in [0.3, 0.4) is 0 Å². The Bertz CT molecular complexity index is 915. The number of carbonyl (C=O) groups excluding carboxylic acids is 1. The van der Waals surface area contributed by atoms with E-state index in [4.69, 9.17) is 4.74 Å². The van der Waals surface area contributed by atoms with Gasteiger partial charge in [0, 0.05) is 24.0 Å². The van der Waals surface area contributed by atoms with Crippen molar-refractivity contribution in [1.82, 2.24) is 25.3 Å². The molecule has 1 amide bonds. The van der Waals surface area contributed by atoms with E-state index in [1.807, 2.05) is 36.4 Å². The van der Waals surface area contributed by atoms with Gasteiger partial charge in [-0.25, -0.2) is 4.68 Å². The number of carbonyl (C=O) groups is 1. The Hall–Kier alpha value is -3.22. The lowest BCUT2D eigenvalue weighted by Gasteiger charge is -2.12. The van der Waals surface area contributed by atoms with E-state index < -0.39 is 0 Å². The van der Waals surface area contributed by atoms with Crippen LogP contribution in [0.5, 0.6) is 5.75 Å². The van der Waals surface area contributed by atoms with Crippen molar-refractivity contribution in [3.8, 4) is 22.7 Å². The van der Waals surface area contributed by atoms with Crippen LogP contribution in [0.15, 0.2) is 48.8 Å². The summed E-state index contributed by atoms with van der Waals surface area (Å²) in [7, 11) is 1.62. The molecule has 0 spiro atoms. The lowest BCUT2D eigenvalue weighted by Crippen LogP contribution is -2.33. The number of nitrogens with one attached hydrogen (secondary N) is 1. The van der Waals surface area contributed by atoms with E-state index in [0.29, 0.717) is 11.4 Å². The molecule has 138 valence electrons. The van der Waals surface area contributed by atoms with Crippen molar-refractivity contribution in [3.63, 3.8) is 0 Å². The first kappa shape index (κ1) is 17.2. The quantitative estimate of drug-likeness (QED) is 0.753. The molecule has 0 aliphatic heterocycles. The Balaban J connectivity index is 1.75. The molecular weight excluding hydrogens is 342 g/mol. The van der Waals surface area contributed by atoms with E-state index >= 15 is 0 Å². The van der Waals surface area contributed by atoms with Crippen molar-refractivity contribution >= 4 is 5.91 Å². The SMILES string of the molecule is COc1ccc(-n2nnc(C(=O)NC3CCCC3)c2-c2cccnc2)cc1. The number of rotatable bonds is 5. The normalized spacial score (nSPS) is 14.3. The van der Waals surface area contributed by atoms with Gasteiger partial charge in [0.15, 0.2) is 5.69 Å². The molecule has 4 rings (SSSR count). The molecule has 0 saturated heterocycles. The molecule has 27 heavy (non-hydrogen) atoms. The highest BCUT2D eigenvalue weighted by Crippen LogP contribution is 2.26. The van der Waals surface area contributed by atoms with E-state index in [1.165, 1.54) is 0 Å². The first-order valence-electron chi connectivity index (χ1n) is 9.07. The van der Waals surface area contributed by atoms with Crippen LogP contribution in [0.25, 0.3) is 16.9 Å². The number of ether oxygens (including phenoxy) is 1. The molecule has 0 unspecified atom stereocenters. The minimum absolute atomic E-state index is 0.194. The predicted octanol–water partition coefficient (Wildman–Crippen LogP) is 3.01. The fourth-order valence-electron chi connectivity index (χ4n) is 3.42. The first-order valence-corrected chi connectivity index (χ1v) is 9.07. The van der Waals surface area contributed by atoms with Crippen molar-refractivity contribution in [2.45, 2.75) is 31.7 Å². The summed E-state index contributed by atoms with van der Waals surface area (Å²) in [5, 5.41) is 11.5. The molecule has 1 fully saturated rings. The van der Waals surface area contributed by atoms with Crippen molar-refractivity contribution in [1.29, 1.82) is 0 Å². The number of hydrogen-bond donors (Lipinski definition) is 1. The maximum Gasteiger partial charge on any atom is 0.274 e. The van der Waals surface area contributed by atoms with Gasteiger partial charge in [-0.1, -0.05) is 18.1 Å². The lowest BCUT2D eigenvalue weighted by molar-refractivity contribution is 0.0933. The van der Waals surface area contributed by atoms with Gasteiger partial charge < -0.3 is 10.1 Å². The van der Waals surface area contributed by atoms with Crippen LogP contribution >= 0.6 is 0 Å². The fourth-order valence-corrected chi connectivity index (χ4v) is 3.42. The zero-order valence-corrected chi connectivity index (χ0v) is 15.1. The van der Waals surface area contributed by atoms with Crippen molar-refractivity contribution in [2.24, 2.45) is 0 Å². The topological polar surface area (TPSA) is 81.9 Å². The van der Waals surface area contributed by atoms with E-state index in [1.54, 1.807) is 24.2 Å². The van der Waals surface area contributed by atoms with Gasteiger partial charge in [-0.15, -0.1) is 5.10 Å². The Morgan fingerprint density at radius 3 is 2.63 bits per heavy atom. The van der Waals surface area contributed by atoms with E-state index in [-0.39, 0.29) is 11.9 Å². The Kier molecular flexibility index (Phi) is 4.82. The molecule has 0 radical (unpaired) electrons. The molecule has 1 aliphatic carbocycles. The summed E-state index contributed by atoms with van der Waals surface area (Å²) in [4.78, 5) is 17.1. The number of methoxy groups -OCH3 is 1. The van der Waals surface area contributed by atoms with Crippen LogP contribution in [0.1, 0.15) is 36.2 Å². The molecule has 1 N–H and O–H groups in total. The molecule has 1 aromatic carbocycles. The standard InChI is InChI=1S/C20H21N5O2/c1-27-17-10-8-16(9-11-17)25-19(14-5-4-12-21-13-14)18(23-24-25)20(26)22-15-6-2-3-7-15/h4-5,8-13,15H,2-3,6-7H2,1H3,(H,22,26). The number of aromatic nitrogens is 4. The largest absolute Gasteiger partial charge is 0.497 e. The first-order chi connectivity index (χ1) is 13.3. The second kappa shape index (κ2) is 7.57. The predicted molar refractivity (Wildman–Crippen MR) is 101 cm³/mol. The Morgan fingerprint density at radius 1 is 1.19 bits per heavy atom. The fraction of sp³-hybridized carbons (Fsp3) is 0.300. The van der Waals surface area contributed by atoms with E-state index in [0.717, 1.165) is 42.7 Å². The maximum atomic E-state index is 12.9. The highest BCUT2D eigenvalue weighted by Gasteiger charge is 2.25. The molecule has 2 heterocycles. The van der Waals surface area contributed by atoms with Crippen LogP contribution in [-0.4, -0.2) is 39.0 Å². The number of pyridine rings is 1. The van der Waals surface area contributed by atoms with Crippen molar-refractivity contribution < 1.29 is 9.53 Å². The van der Waals surface area contributed by atoms with Crippen LogP contribution in [0.2, 0.25) is 0 Å². The van der Waals surface area contributed by atoms with Gasteiger partial charge in [0.2, 0.25) is 0 Å². The van der Waals surface area contributed by atoms with Crippen molar-refractivity contribution in [3.05, 3.63) is 54.5 Å². The van der Waals surface area contributed by atoms with E-state index in [2.05, 4.69) is 20.6 Å². The van der Waals surface area contributed by atoms with Crippen molar-refractivity contribution in [2.75, 3.05) is 7.11 Å². The van der Waals surface area contributed by atoms with Crippen LogP contribution < -0.4 is 10.1 Å². The maximum absolute atomic E-state index is 12.9. The molecular formula is C20H21N5O2. The minimum atomic E-state index is -0.194. The number of hydrogen-bond acceptors (Lipinski definition) is 5. The van der Waals surface area contributed by atoms with E-state index in [9.17, 15) is 4.79 Å². The molecule has 3 aromatic rings. The third-order valence-corrected chi connectivity index (χ3v) is 4.83. The van der Waals surface area contributed by atoms with Gasteiger partial charge in [0.05, 0.1) is 12.8 Å². The monoisotopic (exact) mass is 363 g/mol. The molecule has 1 saturated carbocycles. The van der Waals surface area contributed by atoms with Gasteiger partial charge in [0.1, 0.15) is 11.4 Å². The summed E-state index contributed by atoms with van der Waals surface area (Å²) < 4.78 is 6.88. The molecule has 2 aromatic heterocycles. The summed E-state index contributed by atoms with van der Waals surface area (Å²) >= 11 is 0. The summed E-state index contributed by atoms with van der Waals surface area (Å²) in [5.74, 6) is 0.557. The average Bonchev–Trinajstić information content (AvgIpc) is 3.38. The summed E-state index contributed by atoms with van der Waals surface area (Å²) in [6.07, 6.45) is 7.74. The average molecular weight is 363 g/mol. The second-order valence-electron chi connectivity index (χ2n) is 6.59. The zero-order chi connectivity index (χ0) is 18.6. The van der Waals surface area contributed by atoms with Gasteiger partial charge >= 0.3 is 0 Å². The van der Waals surface area contributed by atoms with Crippen LogP contribution in [0, 0.1) is 0 Å². The summed E-state index contributed by atoms with van der Waals surface area (Å²) in [6, 6.07) is 11.4. The van der Waals surface area contributed by atoms with Gasteiger partial charge in [-0.2, -0.15) is 0 Å². The highest BCUT2D eigenvalue weighted by atomic mass is 16.5. The molecule has 0 atom stereocenters. The van der Waals surface area contributed by atoms with Crippen LogP contribution in [0.4, 0.5) is 0 Å². The van der Waals surface area contributed by atoms with Gasteiger partial charge in [-0.05, 0) is 49.2 Å². The Labute approximate surface area is 157 Å². The minimum Gasteiger partial charge on any atom is -0.497 e. The summed E-state index contributed by atoms with van der Waals surface area (Å²) in [6.45, 7) is 0. The third kappa shape index (κ3) is 3.53. The smallest absolute Gasteiger partial charge is 0.274 e. The third-order valence-electron chi connectivity index (χ3n) is 4.83. The molecule has 7 nitrogen and oxygen atoms in total. The number of benzene rings is 1. The highest BCUT2D eigenvalue weighted by molar-refractivity contribution is 5.98. The molecule has 7 heteroatoms. The van der Waals surface area contributed by atoms with Gasteiger partial charge in [-0.3, -0.25) is 9.78 Å². The number of nitrogens with zero attached hydrogens (tertiary/aromatic N) is 4. The molecule has 0 bridgehead atoms. The van der Waals surface area contributed by atoms with Gasteiger partial charge in [0.25, 0.3) is 5.91 Å². The lowest BCUT2D eigenvalue weighted by atomic mass is 10.1. The zero-order valence-electron chi connectivity index (χ0n) is 15.1. The second-order valence-corrected chi connectivity index (χ2v) is 6.59. The summed E-state index contributed by atoms with van der Waals surface area (Å²) in [5.41, 5.74) is 2.52.